The molecule has 120 valence electrons. The molecule has 0 bridgehead atoms. The normalized spacial score (nSPS) is 13.4. The van der Waals surface area contributed by atoms with Gasteiger partial charge < -0.3 is 15.4 Å². The summed E-state index contributed by atoms with van der Waals surface area (Å²) < 4.78 is 32.4. The summed E-state index contributed by atoms with van der Waals surface area (Å²) in [4.78, 5) is 2.09. The Balaban J connectivity index is 3.04. The molecule has 0 saturated heterocycles. The number of nitrogens with two attached hydrogens (primary N) is 1. The Labute approximate surface area is 127 Å². The zero-order chi connectivity index (χ0) is 16.0. The molecule has 0 aliphatic carbocycles. The van der Waals surface area contributed by atoms with Gasteiger partial charge in [-0.3, -0.25) is 0 Å². The summed E-state index contributed by atoms with van der Waals surface area (Å²) in [7, 11) is -0.140. The lowest BCUT2D eigenvalue weighted by molar-refractivity contribution is 0.181. The van der Waals surface area contributed by atoms with E-state index in [4.69, 9.17) is 10.5 Å². The van der Waals surface area contributed by atoms with Crippen molar-refractivity contribution in [3.8, 4) is 0 Å². The first-order valence-electron chi connectivity index (χ1n) is 6.85. The van der Waals surface area contributed by atoms with Crippen LogP contribution in [0.1, 0.15) is 13.8 Å². The summed E-state index contributed by atoms with van der Waals surface area (Å²) in [5.74, 6) is 0. The van der Waals surface area contributed by atoms with Gasteiger partial charge in [0.25, 0.3) is 0 Å². The highest BCUT2D eigenvalue weighted by Crippen LogP contribution is 2.24. The quantitative estimate of drug-likeness (QED) is 0.741. The van der Waals surface area contributed by atoms with Crippen molar-refractivity contribution in [2.45, 2.75) is 30.8 Å². The Morgan fingerprint density at radius 3 is 2.52 bits per heavy atom. The van der Waals surface area contributed by atoms with Gasteiger partial charge in [0.2, 0.25) is 10.0 Å². The Kier molecular flexibility index (Phi) is 6.60. The predicted molar refractivity (Wildman–Crippen MR) is 85.0 cm³/mol. The minimum atomic E-state index is -3.55. The van der Waals surface area contributed by atoms with Crippen molar-refractivity contribution in [2.75, 3.05) is 32.2 Å². The number of nitrogens with zero attached hydrogens (tertiary/aromatic N) is 1. The van der Waals surface area contributed by atoms with Crippen molar-refractivity contribution in [3.63, 3.8) is 0 Å². The molecular formula is C14H25N3O3S. The lowest BCUT2D eigenvalue weighted by atomic mass is 10.2. The molecule has 3 N–H and O–H groups in total. The molecule has 1 atom stereocenters. The minimum Gasteiger partial charge on any atom is -0.383 e. The van der Waals surface area contributed by atoms with Crippen LogP contribution in [0.5, 0.6) is 0 Å². The molecule has 0 fully saturated rings. The van der Waals surface area contributed by atoms with Crippen LogP contribution < -0.4 is 15.4 Å². The van der Waals surface area contributed by atoms with Crippen LogP contribution in [0, 0.1) is 0 Å². The molecule has 1 aromatic rings. The standard InChI is InChI=1S/C14H25N3O3S/c1-11(2)16-21(18,19)14-8-6-5-7-13(14)17(3)9-12(15)10-20-4/h5-8,11-12,16H,9-10,15H2,1-4H3. The van der Waals surface area contributed by atoms with E-state index >= 15 is 0 Å². The van der Waals surface area contributed by atoms with Crippen molar-refractivity contribution in [1.29, 1.82) is 0 Å². The van der Waals surface area contributed by atoms with Gasteiger partial charge in [-0.2, -0.15) is 0 Å². The fraction of sp³-hybridized carbons (Fsp3) is 0.571. The average molecular weight is 315 g/mol. The molecule has 0 heterocycles. The smallest absolute Gasteiger partial charge is 0.242 e. The van der Waals surface area contributed by atoms with Crippen molar-refractivity contribution < 1.29 is 13.2 Å². The molecule has 0 saturated carbocycles. The monoisotopic (exact) mass is 315 g/mol. The molecule has 0 aromatic heterocycles. The third-order valence-electron chi connectivity index (χ3n) is 2.85. The number of anilines is 1. The molecule has 6 nitrogen and oxygen atoms in total. The second kappa shape index (κ2) is 7.74. The average Bonchev–Trinajstić information content (AvgIpc) is 2.37. The number of hydrogen-bond acceptors (Lipinski definition) is 5. The number of rotatable bonds is 8. The van der Waals surface area contributed by atoms with Gasteiger partial charge in [0.1, 0.15) is 4.90 Å². The highest BCUT2D eigenvalue weighted by molar-refractivity contribution is 7.89. The van der Waals surface area contributed by atoms with E-state index in [1.807, 2.05) is 18.0 Å². The van der Waals surface area contributed by atoms with Crippen LogP contribution in [0.4, 0.5) is 5.69 Å². The Morgan fingerprint density at radius 2 is 1.95 bits per heavy atom. The van der Waals surface area contributed by atoms with E-state index in [2.05, 4.69) is 4.72 Å². The van der Waals surface area contributed by atoms with Gasteiger partial charge in [-0.25, -0.2) is 13.1 Å². The minimum absolute atomic E-state index is 0.163. The van der Waals surface area contributed by atoms with E-state index < -0.39 is 10.0 Å². The molecule has 0 amide bonds. The molecule has 7 heteroatoms. The Morgan fingerprint density at radius 1 is 1.33 bits per heavy atom. The van der Waals surface area contributed by atoms with E-state index in [0.717, 1.165) is 0 Å². The van der Waals surface area contributed by atoms with Gasteiger partial charge in [0.15, 0.2) is 0 Å². The van der Waals surface area contributed by atoms with Crippen LogP contribution >= 0.6 is 0 Å². The maximum absolute atomic E-state index is 12.4. The van der Waals surface area contributed by atoms with Gasteiger partial charge in [-0.05, 0) is 26.0 Å². The molecule has 0 aliphatic rings. The lowest BCUT2D eigenvalue weighted by Crippen LogP contribution is -2.39. The van der Waals surface area contributed by atoms with E-state index in [1.54, 1.807) is 39.2 Å². The van der Waals surface area contributed by atoms with Crippen molar-refractivity contribution in [1.82, 2.24) is 4.72 Å². The van der Waals surface area contributed by atoms with Crippen LogP contribution in [0.25, 0.3) is 0 Å². The summed E-state index contributed by atoms with van der Waals surface area (Å²) in [6, 6.07) is 6.54. The maximum Gasteiger partial charge on any atom is 0.242 e. The zero-order valence-corrected chi connectivity index (χ0v) is 13.9. The maximum atomic E-state index is 12.4. The number of para-hydroxylation sites is 1. The van der Waals surface area contributed by atoms with E-state index in [0.29, 0.717) is 18.8 Å². The molecular weight excluding hydrogens is 290 g/mol. The van der Waals surface area contributed by atoms with Crippen molar-refractivity contribution >= 4 is 15.7 Å². The lowest BCUT2D eigenvalue weighted by Gasteiger charge is -2.25. The van der Waals surface area contributed by atoms with Crippen LogP contribution in [-0.2, 0) is 14.8 Å². The third kappa shape index (κ3) is 5.28. The molecule has 0 aliphatic heterocycles. The van der Waals surface area contributed by atoms with Gasteiger partial charge in [-0.1, -0.05) is 12.1 Å². The first-order chi connectivity index (χ1) is 9.77. The number of likely N-dealkylation sites (N-methyl/N-ethyl adjacent to an activating group) is 1. The molecule has 21 heavy (non-hydrogen) atoms. The summed E-state index contributed by atoms with van der Waals surface area (Å²) >= 11 is 0. The first-order valence-corrected chi connectivity index (χ1v) is 8.33. The number of benzene rings is 1. The van der Waals surface area contributed by atoms with Crippen LogP contribution in [0.15, 0.2) is 29.2 Å². The Hall–Kier alpha value is -1.15. The number of ether oxygens (including phenoxy) is 1. The molecule has 0 radical (unpaired) electrons. The highest BCUT2D eigenvalue weighted by Gasteiger charge is 2.21. The summed E-state index contributed by atoms with van der Waals surface area (Å²) in [5, 5.41) is 0. The second-order valence-corrected chi connectivity index (χ2v) is 7.02. The molecule has 1 unspecified atom stereocenters. The van der Waals surface area contributed by atoms with Gasteiger partial charge >= 0.3 is 0 Å². The van der Waals surface area contributed by atoms with Gasteiger partial charge in [-0.15, -0.1) is 0 Å². The van der Waals surface area contributed by atoms with E-state index in [-0.39, 0.29) is 17.0 Å². The Bertz CT molecular complexity index is 546. The number of nitrogens with one attached hydrogen (secondary N) is 1. The predicted octanol–water partition coefficient (Wildman–Crippen LogP) is 0.783. The largest absolute Gasteiger partial charge is 0.383 e. The second-order valence-electron chi connectivity index (χ2n) is 5.34. The number of sulfonamides is 1. The van der Waals surface area contributed by atoms with E-state index in [1.165, 1.54) is 0 Å². The molecule has 1 rings (SSSR count). The van der Waals surface area contributed by atoms with Crippen LogP contribution in [0.2, 0.25) is 0 Å². The summed E-state index contributed by atoms with van der Waals surface area (Å²) in [6.07, 6.45) is 0. The topological polar surface area (TPSA) is 84.7 Å². The summed E-state index contributed by atoms with van der Waals surface area (Å²) in [6.45, 7) is 4.50. The fourth-order valence-corrected chi connectivity index (χ4v) is 3.59. The van der Waals surface area contributed by atoms with Crippen molar-refractivity contribution in [2.24, 2.45) is 5.73 Å². The van der Waals surface area contributed by atoms with E-state index in [9.17, 15) is 8.42 Å². The third-order valence-corrected chi connectivity index (χ3v) is 4.55. The van der Waals surface area contributed by atoms with Crippen LogP contribution in [-0.4, -0.2) is 47.8 Å². The van der Waals surface area contributed by atoms with Crippen molar-refractivity contribution in [3.05, 3.63) is 24.3 Å². The zero-order valence-electron chi connectivity index (χ0n) is 13.0. The first kappa shape index (κ1) is 17.9. The van der Waals surface area contributed by atoms with Gasteiger partial charge in [0.05, 0.1) is 12.3 Å². The van der Waals surface area contributed by atoms with Gasteiger partial charge in [0, 0.05) is 32.8 Å². The fourth-order valence-electron chi connectivity index (χ4n) is 2.09. The highest BCUT2D eigenvalue weighted by atomic mass is 32.2. The molecule has 0 spiro atoms. The number of methoxy groups -OCH3 is 1. The number of hydrogen-bond donors (Lipinski definition) is 2. The molecule has 1 aromatic carbocycles. The van der Waals surface area contributed by atoms with Crippen LogP contribution in [0.3, 0.4) is 0 Å². The summed E-state index contributed by atoms with van der Waals surface area (Å²) in [5.41, 5.74) is 6.55. The SMILES string of the molecule is COCC(N)CN(C)c1ccccc1S(=O)(=O)NC(C)C.